The number of esters is 1. The van der Waals surface area contributed by atoms with E-state index in [-0.39, 0.29) is 23.3 Å². The van der Waals surface area contributed by atoms with Gasteiger partial charge in [-0.25, -0.2) is 9.37 Å². The van der Waals surface area contributed by atoms with Gasteiger partial charge in [-0.05, 0) is 57.0 Å². The van der Waals surface area contributed by atoms with Crippen LogP contribution in [0.1, 0.15) is 38.8 Å². The molecular formula is C25H27ClFN5O3. The fourth-order valence-electron chi connectivity index (χ4n) is 3.61. The van der Waals surface area contributed by atoms with Crippen molar-refractivity contribution in [3.8, 4) is 0 Å². The molecular weight excluding hydrogens is 473 g/mol. The molecule has 3 N–H and O–H groups in total. The molecule has 0 fully saturated rings. The monoisotopic (exact) mass is 499 g/mol. The highest BCUT2D eigenvalue weighted by atomic mass is 35.5. The number of nitrogens with one attached hydrogen (secondary N) is 3. The van der Waals surface area contributed by atoms with Crippen LogP contribution < -0.4 is 11.0 Å². The lowest BCUT2D eigenvalue weighted by atomic mass is 9.92. The third kappa shape index (κ3) is 5.24. The van der Waals surface area contributed by atoms with Crippen molar-refractivity contribution < 1.29 is 18.3 Å². The number of para-hydroxylation sites is 1. The molecule has 8 nitrogen and oxygen atoms in total. The topological polar surface area (TPSA) is 109 Å². The SMILES string of the molecule is CC(C)(C)C(=O)OCC(C)(Nc1nc2c(Cn3ccoc3=N)cccc2[nH]1)c1ccc(F)c(Cl)c1. The van der Waals surface area contributed by atoms with Gasteiger partial charge in [0.25, 0.3) is 5.68 Å². The summed E-state index contributed by atoms with van der Waals surface area (Å²) in [5.74, 6) is -0.470. The van der Waals surface area contributed by atoms with E-state index in [1.807, 2.05) is 25.1 Å². The van der Waals surface area contributed by atoms with Gasteiger partial charge in [0.1, 0.15) is 18.7 Å². The van der Waals surface area contributed by atoms with Crippen molar-refractivity contribution in [3.63, 3.8) is 0 Å². The molecule has 2 aromatic heterocycles. The molecule has 2 aromatic carbocycles. The second kappa shape index (κ2) is 9.22. The molecule has 0 spiro atoms. The number of rotatable bonds is 7. The number of ether oxygens (including phenoxy) is 1. The normalized spacial score (nSPS) is 13.5. The summed E-state index contributed by atoms with van der Waals surface area (Å²) in [6.45, 7) is 7.52. The Labute approximate surface area is 206 Å². The molecule has 0 bridgehead atoms. The van der Waals surface area contributed by atoms with Crippen molar-refractivity contribution in [2.75, 3.05) is 11.9 Å². The van der Waals surface area contributed by atoms with Crippen molar-refractivity contribution in [2.45, 2.75) is 39.8 Å². The minimum Gasteiger partial charge on any atom is -0.462 e. The highest BCUT2D eigenvalue weighted by Crippen LogP contribution is 2.31. The molecule has 2 heterocycles. The first kappa shape index (κ1) is 24.5. The maximum atomic E-state index is 13.9. The molecule has 184 valence electrons. The zero-order valence-corrected chi connectivity index (χ0v) is 20.7. The zero-order chi connectivity index (χ0) is 25.4. The second-order valence-electron chi connectivity index (χ2n) is 9.65. The first-order valence-corrected chi connectivity index (χ1v) is 11.4. The van der Waals surface area contributed by atoms with Gasteiger partial charge in [-0.15, -0.1) is 0 Å². The predicted molar refractivity (Wildman–Crippen MR) is 131 cm³/mol. The van der Waals surface area contributed by atoms with E-state index in [1.54, 1.807) is 37.6 Å². The van der Waals surface area contributed by atoms with Gasteiger partial charge >= 0.3 is 5.97 Å². The van der Waals surface area contributed by atoms with Crippen LogP contribution in [0.15, 0.2) is 53.3 Å². The molecule has 4 aromatic rings. The molecule has 0 aliphatic heterocycles. The molecule has 1 atom stereocenters. The number of carbonyl (C=O) groups excluding carboxylic acids is 1. The van der Waals surface area contributed by atoms with E-state index in [9.17, 15) is 9.18 Å². The van der Waals surface area contributed by atoms with Crippen LogP contribution in [-0.4, -0.2) is 27.1 Å². The van der Waals surface area contributed by atoms with Crippen molar-refractivity contribution in [3.05, 3.63) is 76.5 Å². The van der Waals surface area contributed by atoms with Crippen LogP contribution in [-0.2, 0) is 21.6 Å². The van der Waals surface area contributed by atoms with Crippen molar-refractivity contribution in [2.24, 2.45) is 5.41 Å². The lowest BCUT2D eigenvalue weighted by Gasteiger charge is -2.32. The van der Waals surface area contributed by atoms with Gasteiger partial charge in [-0.2, -0.15) is 0 Å². The van der Waals surface area contributed by atoms with Crippen LogP contribution in [0, 0.1) is 16.6 Å². The van der Waals surface area contributed by atoms with E-state index in [2.05, 4.69) is 10.3 Å². The van der Waals surface area contributed by atoms with E-state index >= 15 is 0 Å². The highest BCUT2D eigenvalue weighted by Gasteiger charge is 2.33. The van der Waals surface area contributed by atoms with Gasteiger partial charge in [-0.3, -0.25) is 14.8 Å². The van der Waals surface area contributed by atoms with E-state index in [0.29, 0.717) is 23.6 Å². The highest BCUT2D eigenvalue weighted by molar-refractivity contribution is 6.30. The summed E-state index contributed by atoms with van der Waals surface area (Å²) < 4.78 is 26.2. The maximum Gasteiger partial charge on any atom is 0.311 e. The fourth-order valence-corrected chi connectivity index (χ4v) is 3.79. The number of anilines is 1. The van der Waals surface area contributed by atoms with Crippen LogP contribution in [0.25, 0.3) is 11.0 Å². The third-order valence-corrected chi connectivity index (χ3v) is 5.96. The minimum atomic E-state index is -0.972. The van der Waals surface area contributed by atoms with Gasteiger partial charge < -0.3 is 19.5 Å². The standard InChI is InChI=1S/C25H27ClFN5O3/c1-24(2,3)21(33)35-14-25(4,16-8-9-18(27)17(26)12-16)31-23-29-19-7-5-6-15(20(19)30-23)13-32-10-11-34-22(32)28/h5-12,28H,13-14H2,1-4H3,(H2,29,30,31). The molecule has 4 rings (SSSR count). The molecule has 10 heteroatoms. The fraction of sp³-hybridized carbons (Fsp3) is 0.320. The number of H-pyrrole nitrogens is 1. The minimum absolute atomic E-state index is 0.0344. The lowest BCUT2D eigenvalue weighted by molar-refractivity contribution is -0.154. The summed E-state index contributed by atoms with van der Waals surface area (Å²) in [7, 11) is 0. The maximum absolute atomic E-state index is 13.9. The molecule has 0 aliphatic carbocycles. The molecule has 0 saturated heterocycles. The Morgan fingerprint density at radius 2 is 2.06 bits per heavy atom. The van der Waals surface area contributed by atoms with Crippen LogP contribution in [0.4, 0.5) is 10.3 Å². The number of nitrogens with zero attached hydrogens (tertiary/aromatic N) is 2. The third-order valence-electron chi connectivity index (χ3n) is 5.67. The van der Waals surface area contributed by atoms with E-state index < -0.39 is 16.8 Å². The molecule has 0 saturated carbocycles. The summed E-state index contributed by atoms with van der Waals surface area (Å²) in [4.78, 5) is 20.5. The van der Waals surface area contributed by atoms with E-state index in [1.165, 1.54) is 18.4 Å². The Balaban J connectivity index is 1.69. The Hall–Kier alpha value is -3.59. The molecule has 35 heavy (non-hydrogen) atoms. The van der Waals surface area contributed by atoms with Gasteiger partial charge in [0, 0.05) is 6.20 Å². The smallest absolute Gasteiger partial charge is 0.311 e. The second-order valence-corrected chi connectivity index (χ2v) is 10.1. The van der Waals surface area contributed by atoms with Crippen molar-refractivity contribution >= 4 is 34.6 Å². The van der Waals surface area contributed by atoms with Gasteiger partial charge in [0.2, 0.25) is 5.95 Å². The summed E-state index contributed by atoms with van der Waals surface area (Å²) in [6.07, 6.45) is 3.14. The number of hydrogen-bond donors (Lipinski definition) is 3. The number of carbonyl (C=O) groups is 1. The number of fused-ring (bicyclic) bond motifs is 1. The summed E-state index contributed by atoms with van der Waals surface area (Å²) in [5.41, 5.74) is 1.40. The molecule has 1 unspecified atom stereocenters. The summed E-state index contributed by atoms with van der Waals surface area (Å²) in [6, 6.07) is 10.1. The van der Waals surface area contributed by atoms with Gasteiger partial charge in [0.05, 0.1) is 33.6 Å². The number of hydrogen-bond acceptors (Lipinski definition) is 6. The van der Waals surface area contributed by atoms with Gasteiger partial charge in [0.15, 0.2) is 0 Å². The van der Waals surface area contributed by atoms with Crippen LogP contribution in [0.3, 0.4) is 0 Å². The van der Waals surface area contributed by atoms with E-state index in [0.717, 1.165) is 11.1 Å². The van der Waals surface area contributed by atoms with Crippen molar-refractivity contribution in [1.29, 1.82) is 5.41 Å². The van der Waals surface area contributed by atoms with Crippen LogP contribution >= 0.6 is 11.6 Å². The lowest BCUT2D eigenvalue weighted by Crippen LogP contribution is -2.40. The summed E-state index contributed by atoms with van der Waals surface area (Å²) in [5, 5.41) is 11.2. The zero-order valence-electron chi connectivity index (χ0n) is 19.9. The number of aromatic nitrogens is 3. The quantitative estimate of drug-likeness (QED) is 0.303. The van der Waals surface area contributed by atoms with Crippen LogP contribution in [0.2, 0.25) is 5.02 Å². The molecule has 0 aliphatic rings. The first-order valence-electron chi connectivity index (χ1n) is 11.0. The Morgan fingerprint density at radius 3 is 2.71 bits per heavy atom. The van der Waals surface area contributed by atoms with Gasteiger partial charge in [-0.1, -0.05) is 29.8 Å². The number of imidazole rings is 1. The predicted octanol–water partition coefficient (Wildman–Crippen LogP) is 5.19. The Kier molecular flexibility index (Phi) is 6.46. The van der Waals surface area contributed by atoms with Crippen LogP contribution in [0.5, 0.6) is 0 Å². The Bertz CT molecular complexity index is 1430. The summed E-state index contributed by atoms with van der Waals surface area (Å²) >= 11 is 6.06. The Morgan fingerprint density at radius 1 is 1.29 bits per heavy atom. The van der Waals surface area contributed by atoms with Crippen molar-refractivity contribution in [1.82, 2.24) is 14.5 Å². The number of halogens is 2. The average molecular weight is 500 g/mol. The van der Waals surface area contributed by atoms with E-state index in [4.69, 9.17) is 31.1 Å². The number of benzene rings is 2. The largest absolute Gasteiger partial charge is 0.462 e. The average Bonchev–Trinajstić information content (AvgIpc) is 3.39. The molecule has 0 amide bonds. The number of oxazole rings is 1. The number of aromatic amines is 1. The molecule has 0 radical (unpaired) electrons. The first-order chi connectivity index (χ1) is 16.5.